The van der Waals surface area contributed by atoms with E-state index in [2.05, 4.69) is 72.7 Å². The third-order valence-corrected chi connectivity index (χ3v) is 6.42. The highest BCUT2D eigenvalue weighted by atomic mass is 32.2. The molecule has 33 heavy (non-hydrogen) atoms. The summed E-state index contributed by atoms with van der Waals surface area (Å²) in [6.07, 6.45) is 0.994. The zero-order chi connectivity index (χ0) is 24.0. The molecule has 1 unspecified atom stereocenters. The Hall–Kier alpha value is -3.00. The summed E-state index contributed by atoms with van der Waals surface area (Å²) in [5.74, 6) is 7.93. The zero-order valence-corrected chi connectivity index (χ0v) is 20.8. The van der Waals surface area contributed by atoms with Gasteiger partial charge in [-0.25, -0.2) is 4.68 Å². The van der Waals surface area contributed by atoms with E-state index >= 15 is 0 Å². The number of nitrogens with one attached hydrogen (secondary N) is 1. The molecule has 7 nitrogen and oxygen atoms in total. The van der Waals surface area contributed by atoms with Gasteiger partial charge in [0.15, 0.2) is 5.82 Å². The monoisotopic (exact) mass is 467 g/mol. The molecule has 1 heterocycles. The number of ether oxygens (including phenoxy) is 1. The van der Waals surface area contributed by atoms with E-state index in [0.717, 1.165) is 28.9 Å². The van der Waals surface area contributed by atoms with E-state index in [1.54, 1.807) is 0 Å². The van der Waals surface area contributed by atoms with Gasteiger partial charge in [-0.1, -0.05) is 68.9 Å². The van der Waals surface area contributed by atoms with Crippen LogP contribution in [0.25, 0.3) is 0 Å². The summed E-state index contributed by atoms with van der Waals surface area (Å²) in [6, 6.07) is 14.4. The van der Waals surface area contributed by atoms with Gasteiger partial charge in [-0.3, -0.25) is 4.79 Å². The summed E-state index contributed by atoms with van der Waals surface area (Å²) in [5.41, 5.74) is 4.61. The molecule has 176 valence electrons. The number of nitrogen functional groups attached to an aromatic ring is 1. The summed E-state index contributed by atoms with van der Waals surface area (Å²) in [6.45, 7) is 10.6. The first kappa shape index (κ1) is 24.6. The molecular weight excluding hydrogens is 434 g/mol. The molecule has 1 atom stereocenters. The minimum atomic E-state index is -0.0887. The van der Waals surface area contributed by atoms with E-state index in [-0.39, 0.29) is 24.3 Å². The SMILES string of the molecule is CCc1ccc(C(C)NC(=O)CSc2nnc(COc3cc(C)ccc3C(C)C)n2N)cc1. The van der Waals surface area contributed by atoms with Crippen LogP contribution in [0, 0.1) is 6.92 Å². The second kappa shape index (κ2) is 11.2. The number of hydrogen-bond acceptors (Lipinski definition) is 6. The van der Waals surface area contributed by atoms with Crippen LogP contribution in [0.1, 0.15) is 67.7 Å². The van der Waals surface area contributed by atoms with Gasteiger partial charge in [0.25, 0.3) is 0 Å². The van der Waals surface area contributed by atoms with Crippen LogP contribution in [0.5, 0.6) is 5.75 Å². The maximum Gasteiger partial charge on any atom is 0.230 e. The molecule has 3 N–H and O–H groups in total. The number of rotatable bonds is 10. The summed E-state index contributed by atoms with van der Waals surface area (Å²) < 4.78 is 7.40. The van der Waals surface area contributed by atoms with Crippen molar-refractivity contribution in [2.45, 2.75) is 64.8 Å². The van der Waals surface area contributed by atoms with Crippen LogP contribution in [0.3, 0.4) is 0 Å². The van der Waals surface area contributed by atoms with Crippen molar-refractivity contribution in [3.8, 4) is 5.75 Å². The number of nitrogens with zero attached hydrogens (tertiary/aromatic N) is 3. The van der Waals surface area contributed by atoms with Crippen molar-refractivity contribution in [1.29, 1.82) is 0 Å². The predicted octanol–water partition coefficient (Wildman–Crippen LogP) is 4.53. The summed E-state index contributed by atoms with van der Waals surface area (Å²) in [5, 5.41) is 11.7. The number of aryl methyl sites for hydroxylation is 2. The Bertz CT molecular complexity index is 1080. The van der Waals surface area contributed by atoms with Crippen LogP contribution in [-0.4, -0.2) is 26.5 Å². The lowest BCUT2D eigenvalue weighted by atomic mass is 10.0. The Balaban J connectivity index is 1.54. The molecule has 1 aromatic heterocycles. The molecule has 8 heteroatoms. The van der Waals surface area contributed by atoms with Gasteiger partial charge in [0.1, 0.15) is 12.4 Å². The number of carbonyl (C=O) groups excluding carboxylic acids is 1. The Morgan fingerprint density at radius 3 is 2.55 bits per heavy atom. The zero-order valence-electron chi connectivity index (χ0n) is 20.0. The van der Waals surface area contributed by atoms with Gasteiger partial charge in [-0.05, 0) is 54.5 Å². The van der Waals surface area contributed by atoms with Gasteiger partial charge in [-0.2, -0.15) is 0 Å². The second-order valence-corrected chi connectivity index (χ2v) is 9.37. The molecular formula is C25H33N5O2S. The average molecular weight is 468 g/mol. The fourth-order valence-corrected chi connectivity index (χ4v) is 4.12. The van der Waals surface area contributed by atoms with Crippen molar-refractivity contribution in [3.63, 3.8) is 0 Å². The van der Waals surface area contributed by atoms with Crippen LogP contribution < -0.4 is 15.9 Å². The average Bonchev–Trinajstić information content (AvgIpc) is 3.15. The van der Waals surface area contributed by atoms with Gasteiger partial charge in [-0.15, -0.1) is 10.2 Å². The topological polar surface area (TPSA) is 95.1 Å². The number of aromatic nitrogens is 3. The van der Waals surface area contributed by atoms with Crippen molar-refractivity contribution >= 4 is 17.7 Å². The minimum Gasteiger partial charge on any atom is -0.485 e. The van der Waals surface area contributed by atoms with E-state index in [1.165, 1.54) is 22.0 Å². The largest absolute Gasteiger partial charge is 0.485 e. The van der Waals surface area contributed by atoms with Crippen LogP contribution in [0.4, 0.5) is 0 Å². The molecule has 0 spiro atoms. The molecule has 3 rings (SSSR count). The lowest BCUT2D eigenvalue weighted by molar-refractivity contribution is -0.119. The smallest absolute Gasteiger partial charge is 0.230 e. The lowest BCUT2D eigenvalue weighted by Crippen LogP contribution is -2.28. The maximum atomic E-state index is 12.4. The maximum absolute atomic E-state index is 12.4. The Morgan fingerprint density at radius 2 is 1.88 bits per heavy atom. The van der Waals surface area contributed by atoms with E-state index in [1.807, 2.05) is 19.9 Å². The number of benzene rings is 2. The van der Waals surface area contributed by atoms with Crippen molar-refractivity contribution < 1.29 is 9.53 Å². The number of carbonyl (C=O) groups is 1. The third kappa shape index (κ3) is 6.51. The van der Waals surface area contributed by atoms with Crippen LogP contribution >= 0.6 is 11.8 Å². The molecule has 0 fully saturated rings. The normalized spacial score (nSPS) is 12.1. The molecule has 2 aromatic carbocycles. The third-order valence-electron chi connectivity index (χ3n) is 5.48. The summed E-state index contributed by atoms with van der Waals surface area (Å²) >= 11 is 1.25. The number of amides is 1. The number of thioether (sulfide) groups is 1. The fourth-order valence-electron chi connectivity index (χ4n) is 3.43. The quantitative estimate of drug-likeness (QED) is 0.336. The first-order valence-electron chi connectivity index (χ1n) is 11.2. The van der Waals surface area contributed by atoms with E-state index in [9.17, 15) is 4.79 Å². The predicted molar refractivity (Wildman–Crippen MR) is 133 cm³/mol. The van der Waals surface area contributed by atoms with Gasteiger partial charge in [0.2, 0.25) is 11.1 Å². The van der Waals surface area contributed by atoms with E-state index in [0.29, 0.717) is 16.9 Å². The van der Waals surface area contributed by atoms with Crippen molar-refractivity contribution in [2.24, 2.45) is 0 Å². The van der Waals surface area contributed by atoms with Gasteiger partial charge < -0.3 is 15.9 Å². The van der Waals surface area contributed by atoms with Crippen molar-refractivity contribution in [3.05, 3.63) is 70.5 Å². The van der Waals surface area contributed by atoms with Crippen molar-refractivity contribution in [2.75, 3.05) is 11.6 Å². The Morgan fingerprint density at radius 1 is 1.15 bits per heavy atom. The minimum absolute atomic E-state index is 0.0757. The standard InChI is InChI=1S/C25H33N5O2S/c1-6-19-8-10-20(11-9-19)18(5)27-24(31)15-33-25-29-28-23(30(25)26)14-32-22-13-17(4)7-12-21(22)16(2)3/h7-13,16,18H,6,14-15,26H2,1-5H3,(H,27,31). The van der Waals surface area contributed by atoms with Gasteiger partial charge >= 0.3 is 0 Å². The number of nitrogens with two attached hydrogens (primary N) is 1. The van der Waals surface area contributed by atoms with Crippen LogP contribution in [-0.2, 0) is 17.8 Å². The molecule has 0 aliphatic heterocycles. The lowest BCUT2D eigenvalue weighted by Gasteiger charge is -2.15. The molecule has 0 saturated carbocycles. The van der Waals surface area contributed by atoms with Crippen molar-refractivity contribution in [1.82, 2.24) is 20.2 Å². The fraction of sp³-hybridized carbons (Fsp3) is 0.400. The van der Waals surface area contributed by atoms with Gasteiger partial charge in [0.05, 0.1) is 11.8 Å². The summed E-state index contributed by atoms with van der Waals surface area (Å²) in [4.78, 5) is 12.4. The van der Waals surface area contributed by atoms with Gasteiger partial charge in [0, 0.05) is 0 Å². The highest BCUT2D eigenvalue weighted by molar-refractivity contribution is 7.99. The molecule has 0 bridgehead atoms. The molecule has 0 saturated heterocycles. The van der Waals surface area contributed by atoms with E-state index in [4.69, 9.17) is 10.6 Å². The molecule has 0 aliphatic rings. The number of hydrogen-bond donors (Lipinski definition) is 2. The first-order valence-corrected chi connectivity index (χ1v) is 12.2. The highest BCUT2D eigenvalue weighted by Crippen LogP contribution is 2.28. The second-order valence-electron chi connectivity index (χ2n) is 8.43. The molecule has 0 radical (unpaired) electrons. The summed E-state index contributed by atoms with van der Waals surface area (Å²) in [7, 11) is 0. The molecule has 0 aliphatic carbocycles. The van der Waals surface area contributed by atoms with Crippen LogP contribution in [0.2, 0.25) is 0 Å². The first-order chi connectivity index (χ1) is 15.8. The highest BCUT2D eigenvalue weighted by Gasteiger charge is 2.16. The van der Waals surface area contributed by atoms with E-state index < -0.39 is 0 Å². The molecule has 1 amide bonds. The Kier molecular flexibility index (Phi) is 8.38. The van der Waals surface area contributed by atoms with Crippen LogP contribution in [0.15, 0.2) is 47.6 Å². The Labute approximate surface area is 200 Å². The molecule has 3 aromatic rings.